The van der Waals surface area contributed by atoms with Gasteiger partial charge in [-0.05, 0) is 70.5 Å². The number of benzene rings is 3. The van der Waals surface area contributed by atoms with E-state index in [4.69, 9.17) is 52.1 Å². The number of nitrogens with zero attached hydrogens (tertiary/aromatic N) is 1. The highest BCUT2D eigenvalue weighted by Crippen LogP contribution is 2.38. The van der Waals surface area contributed by atoms with E-state index in [0.717, 1.165) is 24.3 Å². The summed E-state index contributed by atoms with van der Waals surface area (Å²) in [4.78, 5) is -0.896. The van der Waals surface area contributed by atoms with Crippen LogP contribution in [0.15, 0.2) is 68.9 Å². The van der Waals surface area contributed by atoms with Crippen LogP contribution in [0.3, 0.4) is 0 Å². The van der Waals surface area contributed by atoms with E-state index < -0.39 is 29.8 Å². The van der Waals surface area contributed by atoms with E-state index in [-0.39, 0.29) is 39.6 Å². The normalized spacial score (nSPS) is 12.0. The molecule has 2 N–H and O–H groups in total. The molecule has 0 radical (unpaired) electrons. The van der Waals surface area contributed by atoms with E-state index in [9.17, 15) is 16.8 Å². The Morgan fingerprint density at radius 3 is 1.45 bits per heavy atom. The van der Waals surface area contributed by atoms with Crippen LogP contribution in [0.25, 0.3) is 0 Å². The zero-order valence-corrected chi connectivity index (χ0v) is 21.3. The van der Waals surface area contributed by atoms with E-state index in [1.807, 2.05) is 0 Å². The lowest BCUT2D eigenvalue weighted by Gasteiger charge is -2.25. The van der Waals surface area contributed by atoms with Crippen molar-refractivity contribution in [1.29, 1.82) is 0 Å². The lowest BCUT2D eigenvalue weighted by molar-refractivity contribution is 0.584. The van der Waals surface area contributed by atoms with Crippen LogP contribution in [0.5, 0.6) is 0 Å². The van der Waals surface area contributed by atoms with Gasteiger partial charge in [-0.2, -0.15) is 3.71 Å². The van der Waals surface area contributed by atoms with Crippen molar-refractivity contribution in [2.75, 3.05) is 9.44 Å². The molecule has 0 saturated carbocycles. The molecule has 0 aromatic heterocycles. The number of anilines is 2. The fourth-order valence-electron chi connectivity index (χ4n) is 2.60. The van der Waals surface area contributed by atoms with E-state index in [0.29, 0.717) is 0 Å². The first-order chi connectivity index (χ1) is 14.3. The Labute approximate surface area is 207 Å². The Morgan fingerprint density at radius 1 is 0.677 bits per heavy atom. The summed E-state index contributed by atoms with van der Waals surface area (Å²) in [6.07, 6.45) is 0. The predicted molar refractivity (Wildman–Crippen MR) is 128 cm³/mol. The van der Waals surface area contributed by atoms with Crippen LogP contribution >= 0.6 is 62.3 Å². The summed E-state index contributed by atoms with van der Waals surface area (Å²) in [7, 11) is -9.53. The van der Waals surface area contributed by atoms with Crippen molar-refractivity contribution in [3.8, 4) is 0 Å². The largest absolute Gasteiger partial charge is 0.399 e. The van der Waals surface area contributed by atoms with Gasteiger partial charge in [-0.3, -0.25) is 0 Å². The second-order valence-electron chi connectivity index (χ2n) is 6.13. The van der Waals surface area contributed by atoms with Gasteiger partial charge in [-0.15, -0.1) is 0 Å². The molecule has 0 spiro atoms. The van der Waals surface area contributed by atoms with Crippen molar-refractivity contribution in [3.63, 3.8) is 0 Å². The smallest absolute Gasteiger partial charge is 0.277 e. The minimum atomic E-state index is -4.77. The molecule has 3 aromatic carbocycles. The minimum absolute atomic E-state index is 0.000800. The van der Waals surface area contributed by atoms with E-state index in [2.05, 4.69) is 15.9 Å². The maximum Gasteiger partial charge on any atom is 0.277 e. The third-order valence-electron chi connectivity index (χ3n) is 3.87. The summed E-state index contributed by atoms with van der Waals surface area (Å²) in [6, 6.07) is 11.0. The Hall–Kier alpha value is -1.20. The van der Waals surface area contributed by atoms with Crippen LogP contribution in [0.4, 0.5) is 11.4 Å². The molecule has 13 heteroatoms. The number of sulfonamides is 2. The van der Waals surface area contributed by atoms with Crippen molar-refractivity contribution in [2.45, 2.75) is 9.79 Å². The van der Waals surface area contributed by atoms with Gasteiger partial charge < -0.3 is 5.73 Å². The van der Waals surface area contributed by atoms with Gasteiger partial charge in [0.2, 0.25) is 0 Å². The van der Waals surface area contributed by atoms with Crippen LogP contribution in [0, 0.1) is 0 Å². The van der Waals surface area contributed by atoms with Gasteiger partial charge in [0.1, 0.15) is 0 Å². The van der Waals surface area contributed by atoms with Gasteiger partial charge in [0.25, 0.3) is 20.0 Å². The van der Waals surface area contributed by atoms with Crippen molar-refractivity contribution in [2.24, 2.45) is 0 Å². The summed E-state index contributed by atoms with van der Waals surface area (Å²) in [5.41, 5.74) is 5.67. The van der Waals surface area contributed by atoms with Crippen molar-refractivity contribution in [1.82, 2.24) is 0 Å². The molecule has 0 heterocycles. The maximum atomic E-state index is 13.6. The fraction of sp³-hybridized carbons (Fsp3) is 0. The maximum absolute atomic E-state index is 13.6. The van der Waals surface area contributed by atoms with Crippen LogP contribution < -0.4 is 9.44 Å². The molecular formula is C18H11BrCl4N2O4S2. The lowest BCUT2D eigenvalue weighted by atomic mass is 10.3. The van der Waals surface area contributed by atoms with Gasteiger partial charge in [0.15, 0.2) is 0 Å². The highest BCUT2D eigenvalue weighted by atomic mass is 79.9. The van der Waals surface area contributed by atoms with Crippen molar-refractivity contribution >= 4 is 93.8 Å². The highest BCUT2D eigenvalue weighted by Gasteiger charge is 2.39. The summed E-state index contributed by atoms with van der Waals surface area (Å²) < 4.78 is 54.7. The number of rotatable bonds is 5. The van der Waals surface area contributed by atoms with Crippen molar-refractivity contribution in [3.05, 3.63) is 79.2 Å². The molecule has 6 nitrogen and oxygen atoms in total. The number of hydrogen-bond donors (Lipinski definition) is 1. The average Bonchev–Trinajstić information content (AvgIpc) is 2.63. The molecule has 0 atom stereocenters. The van der Waals surface area contributed by atoms with E-state index >= 15 is 0 Å². The number of halogens is 5. The fourth-order valence-corrected chi connectivity index (χ4v) is 8.43. The Bertz CT molecular complexity index is 1280. The molecule has 31 heavy (non-hydrogen) atoms. The first-order valence-corrected chi connectivity index (χ1v) is 13.3. The molecule has 0 amide bonds. The topological polar surface area (TPSA) is 97.5 Å². The van der Waals surface area contributed by atoms with Gasteiger partial charge in [0.05, 0.1) is 15.5 Å². The van der Waals surface area contributed by atoms with E-state index in [1.165, 1.54) is 30.3 Å². The van der Waals surface area contributed by atoms with Gasteiger partial charge in [-0.25, -0.2) is 16.8 Å². The van der Waals surface area contributed by atoms with Crippen LogP contribution in [-0.4, -0.2) is 16.8 Å². The van der Waals surface area contributed by atoms with Gasteiger partial charge in [-0.1, -0.05) is 46.4 Å². The van der Waals surface area contributed by atoms with Crippen LogP contribution in [0.1, 0.15) is 0 Å². The van der Waals surface area contributed by atoms with Gasteiger partial charge in [0, 0.05) is 30.3 Å². The number of nitrogen functional groups attached to an aromatic ring is 1. The van der Waals surface area contributed by atoms with E-state index in [1.54, 1.807) is 0 Å². The summed E-state index contributed by atoms with van der Waals surface area (Å²) >= 11 is 27.0. The Balaban J connectivity index is 2.39. The first kappa shape index (κ1) is 24.4. The van der Waals surface area contributed by atoms with Gasteiger partial charge >= 0.3 is 0 Å². The molecule has 3 aromatic rings. The third kappa shape index (κ3) is 5.08. The van der Waals surface area contributed by atoms with Crippen LogP contribution in [-0.2, 0) is 20.0 Å². The molecule has 0 aliphatic heterocycles. The van der Waals surface area contributed by atoms with Crippen molar-refractivity contribution < 1.29 is 16.8 Å². The summed E-state index contributed by atoms with van der Waals surface area (Å²) in [5.74, 6) is 0. The highest BCUT2D eigenvalue weighted by molar-refractivity contribution is 9.10. The molecule has 0 fully saturated rings. The molecule has 0 aliphatic carbocycles. The second kappa shape index (κ2) is 8.97. The molecular weight excluding hydrogens is 594 g/mol. The Morgan fingerprint density at radius 2 is 1.06 bits per heavy atom. The van der Waals surface area contributed by atoms with Crippen LogP contribution in [0.2, 0.25) is 20.1 Å². The average molecular weight is 605 g/mol. The number of hydrogen-bond acceptors (Lipinski definition) is 5. The second-order valence-corrected chi connectivity index (χ2v) is 12.5. The summed E-state index contributed by atoms with van der Waals surface area (Å²) in [5, 5.41) is 0.00320. The molecule has 164 valence electrons. The number of nitrogens with two attached hydrogens (primary N) is 1. The SMILES string of the molecule is Nc1ccc(Br)c(N(S(=O)(=O)c2cc(Cl)cc(Cl)c2)S(=O)(=O)c2cc(Cl)cc(Cl)c2)c1. The quantitative estimate of drug-likeness (QED) is 0.348. The zero-order valence-electron chi connectivity index (χ0n) is 15.1. The first-order valence-electron chi connectivity index (χ1n) is 8.10. The third-order valence-corrected chi connectivity index (χ3v) is 9.52. The predicted octanol–water partition coefficient (Wildman–Crippen LogP) is 6.23. The molecule has 3 rings (SSSR count). The molecule has 0 saturated heterocycles. The monoisotopic (exact) mass is 602 g/mol. The molecule has 0 bridgehead atoms. The summed E-state index contributed by atoms with van der Waals surface area (Å²) in [6.45, 7) is 0. The zero-order chi connectivity index (χ0) is 23.1. The molecule has 0 unspecified atom stereocenters. The minimum Gasteiger partial charge on any atom is -0.399 e. The Kier molecular flexibility index (Phi) is 7.08. The molecule has 0 aliphatic rings. The standard InChI is InChI=1S/C18H11BrCl4N2O4S2/c19-17-2-1-14(24)9-18(17)25(30(26,27)15-5-10(20)3-11(21)6-15)31(28,29)16-7-12(22)4-13(23)8-16/h1-9H,24H2. The lowest BCUT2D eigenvalue weighted by Crippen LogP contribution is -2.37.